The van der Waals surface area contributed by atoms with Gasteiger partial charge in [-0.05, 0) is 12.8 Å². The van der Waals surface area contributed by atoms with Crippen molar-refractivity contribution in [2.24, 2.45) is 0 Å². The lowest BCUT2D eigenvalue weighted by molar-refractivity contribution is 0.926. The predicted molar refractivity (Wildman–Crippen MR) is 66.2 cm³/mol. The zero-order chi connectivity index (χ0) is 11.4. The van der Waals surface area contributed by atoms with Gasteiger partial charge in [-0.1, -0.05) is 44.2 Å². The van der Waals surface area contributed by atoms with Gasteiger partial charge in [-0.15, -0.1) is 0 Å². The Balaban J connectivity index is 2.49. The molecule has 0 aliphatic carbocycles. The molecule has 2 nitrogen and oxygen atoms in total. The van der Waals surface area contributed by atoms with Crippen LogP contribution in [-0.4, -0.2) is 9.97 Å². The van der Waals surface area contributed by atoms with Crippen molar-refractivity contribution >= 4 is 0 Å². The number of rotatable bonds is 3. The number of nitrogens with zero attached hydrogens (tertiary/aromatic N) is 2. The van der Waals surface area contributed by atoms with E-state index in [1.807, 2.05) is 24.4 Å². The summed E-state index contributed by atoms with van der Waals surface area (Å²) in [5.41, 5.74) is 4.32. The van der Waals surface area contributed by atoms with Gasteiger partial charge in [0.15, 0.2) is 0 Å². The van der Waals surface area contributed by atoms with Crippen LogP contribution in [0.4, 0.5) is 0 Å². The van der Waals surface area contributed by atoms with Crippen molar-refractivity contribution in [2.75, 3.05) is 0 Å². The van der Waals surface area contributed by atoms with Crippen LogP contribution in [0.3, 0.4) is 0 Å². The van der Waals surface area contributed by atoms with Gasteiger partial charge >= 0.3 is 0 Å². The van der Waals surface area contributed by atoms with Gasteiger partial charge < -0.3 is 0 Å². The van der Waals surface area contributed by atoms with Crippen LogP contribution in [0.5, 0.6) is 0 Å². The Labute approximate surface area is 96.4 Å². The summed E-state index contributed by atoms with van der Waals surface area (Å²) in [6.07, 6.45) is 3.74. The van der Waals surface area contributed by atoms with E-state index in [9.17, 15) is 0 Å². The zero-order valence-corrected chi connectivity index (χ0v) is 9.77. The van der Waals surface area contributed by atoms with Crippen molar-refractivity contribution < 1.29 is 0 Å². The Bertz CT molecular complexity index is 463. The monoisotopic (exact) mass is 212 g/mol. The Morgan fingerprint density at radius 3 is 2.38 bits per heavy atom. The summed E-state index contributed by atoms with van der Waals surface area (Å²) in [4.78, 5) is 9.15. The molecule has 0 spiro atoms. The third kappa shape index (κ3) is 2.11. The third-order valence-corrected chi connectivity index (χ3v) is 2.64. The minimum absolute atomic E-state index is 0.922. The minimum Gasteiger partial charge on any atom is -0.254 e. The van der Waals surface area contributed by atoms with Crippen molar-refractivity contribution in [1.82, 2.24) is 9.97 Å². The lowest BCUT2D eigenvalue weighted by Crippen LogP contribution is -1.99. The van der Waals surface area contributed by atoms with Crippen LogP contribution in [0.1, 0.15) is 25.2 Å². The van der Waals surface area contributed by atoms with Gasteiger partial charge in [0.25, 0.3) is 0 Å². The largest absolute Gasteiger partial charge is 0.254 e. The first-order chi connectivity index (χ1) is 7.85. The van der Waals surface area contributed by atoms with Crippen molar-refractivity contribution in [3.05, 3.63) is 47.9 Å². The Hall–Kier alpha value is -1.70. The lowest BCUT2D eigenvalue weighted by Gasteiger charge is -2.07. The molecule has 2 rings (SSSR count). The molecule has 1 heterocycles. The van der Waals surface area contributed by atoms with Crippen LogP contribution in [0.25, 0.3) is 11.3 Å². The van der Waals surface area contributed by atoms with Crippen LogP contribution in [0.15, 0.2) is 36.5 Å². The molecule has 2 heteroatoms. The fourth-order valence-corrected chi connectivity index (χ4v) is 1.72. The fourth-order valence-electron chi connectivity index (χ4n) is 1.72. The fraction of sp³-hybridized carbons (Fsp3) is 0.286. The van der Waals surface area contributed by atoms with Crippen molar-refractivity contribution in [3.8, 4) is 11.3 Å². The molecule has 1 aromatic carbocycles. The Morgan fingerprint density at radius 1 is 1.00 bits per heavy atom. The summed E-state index contributed by atoms with van der Waals surface area (Å²) >= 11 is 0. The molecule has 0 bridgehead atoms. The van der Waals surface area contributed by atoms with Gasteiger partial charge in [-0.3, -0.25) is 9.97 Å². The minimum atomic E-state index is 0.922. The molecule has 82 valence electrons. The van der Waals surface area contributed by atoms with E-state index < -0.39 is 0 Å². The van der Waals surface area contributed by atoms with E-state index >= 15 is 0 Å². The number of aryl methyl sites for hydroxylation is 2. The van der Waals surface area contributed by atoms with Crippen molar-refractivity contribution in [3.63, 3.8) is 0 Å². The number of hydrogen-bond acceptors (Lipinski definition) is 2. The smallest absolute Gasteiger partial charge is 0.0917 e. The van der Waals surface area contributed by atoms with Crippen LogP contribution >= 0.6 is 0 Å². The number of hydrogen-bond donors (Lipinski definition) is 0. The highest BCUT2D eigenvalue weighted by Crippen LogP contribution is 2.20. The maximum absolute atomic E-state index is 4.62. The van der Waals surface area contributed by atoms with E-state index in [-0.39, 0.29) is 0 Å². The third-order valence-electron chi connectivity index (χ3n) is 2.64. The quantitative estimate of drug-likeness (QED) is 0.780. The standard InChI is InChI=1S/C14H16N2/c1-3-12-10-15-14(13(4-2)16-12)11-8-6-5-7-9-11/h5-10H,3-4H2,1-2H3. The molecule has 0 fully saturated rings. The summed E-state index contributed by atoms with van der Waals surface area (Å²) in [6, 6.07) is 10.2. The van der Waals surface area contributed by atoms with Gasteiger partial charge in [0.2, 0.25) is 0 Å². The SMILES string of the molecule is CCc1cnc(-c2ccccc2)c(CC)n1. The zero-order valence-electron chi connectivity index (χ0n) is 9.77. The maximum Gasteiger partial charge on any atom is 0.0917 e. The summed E-state index contributed by atoms with van der Waals surface area (Å²) in [5, 5.41) is 0. The van der Waals surface area contributed by atoms with Crippen LogP contribution < -0.4 is 0 Å². The van der Waals surface area contributed by atoms with E-state index in [0.29, 0.717) is 0 Å². The van der Waals surface area contributed by atoms with Crippen LogP contribution in [0.2, 0.25) is 0 Å². The molecule has 0 saturated carbocycles. The molecule has 0 unspecified atom stereocenters. The van der Waals surface area contributed by atoms with Gasteiger partial charge in [0.1, 0.15) is 0 Å². The second-order valence-corrected chi connectivity index (χ2v) is 3.73. The molecule has 2 aromatic rings. The van der Waals surface area contributed by atoms with Gasteiger partial charge in [0.05, 0.1) is 17.1 Å². The Morgan fingerprint density at radius 2 is 1.75 bits per heavy atom. The summed E-state index contributed by atoms with van der Waals surface area (Å²) in [6.45, 7) is 4.22. The molecule has 1 aromatic heterocycles. The number of aromatic nitrogens is 2. The van der Waals surface area contributed by atoms with E-state index in [2.05, 4.69) is 35.9 Å². The van der Waals surface area contributed by atoms with Crippen LogP contribution in [-0.2, 0) is 12.8 Å². The second kappa shape index (κ2) is 4.88. The highest BCUT2D eigenvalue weighted by atomic mass is 14.8. The van der Waals surface area contributed by atoms with Crippen molar-refractivity contribution in [1.29, 1.82) is 0 Å². The Kier molecular flexibility index (Phi) is 3.30. The first-order valence-corrected chi connectivity index (χ1v) is 5.75. The van der Waals surface area contributed by atoms with Crippen LogP contribution in [0, 0.1) is 0 Å². The number of benzene rings is 1. The van der Waals surface area contributed by atoms with Gasteiger partial charge in [-0.25, -0.2) is 0 Å². The molecule has 0 N–H and O–H groups in total. The van der Waals surface area contributed by atoms with Gasteiger partial charge in [-0.2, -0.15) is 0 Å². The molecule has 0 radical (unpaired) electrons. The molecule has 0 aliphatic rings. The normalized spacial score (nSPS) is 10.4. The highest BCUT2D eigenvalue weighted by Gasteiger charge is 2.07. The van der Waals surface area contributed by atoms with E-state index in [4.69, 9.17) is 0 Å². The second-order valence-electron chi connectivity index (χ2n) is 3.73. The predicted octanol–water partition coefficient (Wildman–Crippen LogP) is 3.27. The maximum atomic E-state index is 4.62. The average molecular weight is 212 g/mol. The summed E-state index contributed by atoms with van der Waals surface area (Å²) < 4.78 is 0. The molecule has 0 amide bonds. The van der Waals surface area contributed by atoms with Crippen molar-refractivity contribution in [2.45, 2.75) is 26.7 Å². The molecular formula is C14H16N2. The molecule has 0 aliphatic heterocycles. The average Bonchev–Trinajstić information content (AvgIpc) is 2.39. The molecular weight excluding hydrogens is 196 g/mol. The van der Waals surface area contributed by atoms with E-state index in [0.717, 1.165) is 35.5 Å². The summed E-state index contributed by atoms with van der Waals surface area (Å²) in [5.74, 6) is 0. The van der Waals surface area contributed by atoms with E-state index in [1.165, 1.54) is 0 Å². The van der Waals surface area contributed by atoms with Gasteiger partial charge in [0, 0.05) is 11.8 Å². The topological polar surface area (TPSA) is 25.8 Å². The summed E-state index contributed by atoms with van der Waals surface area (Å²) in [7, 11) is 0. The molecule has 16 heavy (non-hydrogen) atoms. The first-order valence-electron chi connectivity index (χ1n) is 5.75. The molecule has 0 atom stereocenters. The first kappa shape index (κ1) is 10.8. The van der Waals surface area contributed by atoms with E-state index in [1.54, 1.807) is 0 Å². The molecule has 0 saturated heterocycles. The lowest BCUT2D eigenvalue weighted by atomic mass is 10.1. The highest BCUT2D eigenvalue weighted by molar-refractivity contribution is 5.61.